The lowest BCUT2D eigenvalue weighted by atomic mass is 10.2. The number of hydrogen-bond donors (Lipinski definition) is 0. The number of carbonyl (C=O) groups excluding carboxylic acids is 2. The van der Waals surface area contributed by atoms with Gasteiger partial charge in [0.05, 0.1) is 0 Å². The Kier molecular flexibility index (Phi) is 9.56. The molecule has 0 spiro atoms. The van der Waals surface area contributed by atoms with Crippen molar-refractivity contribution < 1.29 is 23.5 Å². The van der Waals surface area contributed by atoms with Gasteiger partial charge in [-0.1, -0.05) is 51.1 Å². The number of benzene rings is 1. The van der Waals surface area contributed by atoms with Gasteiger partial charge in [-0.15, -0.1) is 0 Å². The van der Waals surface area contributed by atoms with E-state index in [4.69, 9.17) is 13.9 Å². The summed E-state index contributed by atoms with van der Waals surface area (Å²) in [5.41, 5.74) is 0.165. The Morgan fingerprint density at radius 3 is 2.07 bits per heavy atom. The number of rotatable bonds is 8. The van der Waals surface area contributed by atoms with Gasteiger partial charge in [0.1, 0.15) is 12.2 Å². The summed E-state index contributed by atoms with van der Waals surface area (Å²) in [7, 11) is -1.80. The molecule has 0 fully saturated rings. The second-order valence-corrected chi connectivity index (χ2v) is 14.8. The summed E-state index contributed by atoms with van der Waals surface area (Å²) in [4.78, 5) is 26.2. The summed E-state index contributed by atoms with van der Waals surface area (Å²) in [6.45, 7) is 17.3. The predicted octanol–water partition coefficient (Wildman–Crippen LogP) is 6.36. The SMILES string of the molecule is CC(C)(C)OC(=O)N(CCCCO[Si](C)(C)C(C)(C)C)C(=O)OCc1ccccc1. The van der Waals surface area contributed by atoms with Gasteiger partial charge in [0.15, 0.2) is 8.32 Å². The zero-order valence-corrected chi connectivity index (χ0v) is 20.9. The summed E-state index contributed by atoms with van der Waals surface area (Å²) in [5.74, 6) is 0. The fourth-order valence-electron chi connectivity index (χ4n) is 2.29. The summed E-state index contributed by atoms with van der Waals surface area (Å²) >= 11 is 0. The van der Waals surface area contributed by atoms with Gasteiger partial charge in [-0.2, -0.15) is 0 Å². The zero-order chi connectivity index (χ0) is 23.0. The van der Waals surface area contributed by atoms with E-state index in [-0.39, 0.29) is 18.2 Å². The van der Waals surface area contributed by atoms with Crippen LogP contribution < -0.4 is 0 Å². The lowest BCUT2D eigenvalue weighted by Crippen LogP contribution is -2.42. The molecule has 0 aliphatic rings. The van der Waals surface area contributed by atoms with Crippen molar-refractivity contribution in [3.05, 3.63) is 35.9 Å². The van der Waals surface area contributed by atoms with Crippen LogP contribution in [0, 0.1) is 0 Å². The van der Waals surface area contributed by atoms with E-state index in [2.05, 4.69) is 33.9 Å². The van der Waals surface area contributed by atoms with Crippen molar-refractivity contribution in [2.75, 3.05) is 13.2 Å². The summed E-state index contributed by atoms with van der Waals surface area (Å²) in [6.07, 6.45) is -0.0178. The van der Waals surface area contributed by atoms with Crippen LogP contribution in [-0.2, 0) is 20.5 Å². The molecule has 0 aromatic heterocycles. The van der Waals surface area contributed by atoms with Crippen LogP contribution >= 0.6 is 0 Å². The molecule has 0 bridgehead atoms. The maximum absolute atomic E-state index is 12.6. The van der Waals surface area contributed by atoms with E-state index in [9.17, 15) is 9.59 Å². The number of ether oxygens (including phenoxy) is 2. The van der Waals surface area contributed by atoms with Gasteiger partial charge in [-0.3, -0.25) is 0 Å². The molecule has 0 unspecified atom stereocenters. The summed E-state index contributed by atoms with van der Waals surface area (Å²) in [5, 5.41) is 0.150. The van der Waals surface area contributed by atoms with Crippen LogP contribution in [0.4, 0.5) is 9.59 Å². The normalized spacial score (nSPS) is 12.4. The lowest BCUT2D eigenvalue weighted by molar-refractivity contribution is 0.0204. The van der Waals surface area contributed by atoms with Crippen molar-refractivity contribution in [1.82, 2.24) is 4.90 Å². The quantitative estimate of drug-likeness (QED) is 0.349. The van der Waals surface area contributed by atoms with Crippen molar-refractivity contribution in [1.29, 1.82) is 0 Å². The third kappa shape index (κ3) is 9.30. The molecule has 1 aromatic rings. The first-order chi connectivity index (χ1) is 13.7. The standard InChI is InChI=1S/C23H39NO5Si/c1-22(2,3)29-21(26)24(20(25)27-18-19-14-10-9-11-15-19)16-12-13-17-28-30(7,8)23(4,5)6/h9-11,14-15H,12-13,16-18H2,1-8H3. The molecule has 0 N–H and O–H groups in total. The van der Waals surface area contributed by atoms with E-state index >= 15 is 0 Å². The first-order valence-corrected chi connectivity index (χ1v) is 13.5. The Hall–Kier alpha value is -1.86. The molecule has 0 saturated carbocycles. The van der Waals surface area contributed by atoms with E-state index in [0.29, 0.717) is 13.0 Å². The minimum absolute atomic E-state index is 0.105. The molecule has 0 atom stereocenters. The maximum atomic E-state index is 12.6. The van der Waals surface area contributed by atoms with Gasteiger partial charge in [-0.05, 0) is 57.3 Å². The minimum atomic E-state index is -1.80. The number of amides is 2. The monoisotopic (exact) mass is 437 g/mol. The Balaban J connectivity index is 2.63. The number of carbonyl (C=O) groups is 2. The van der Waals surface area contributed by atoms with Crippen LogP contribution in [0.2, 0.25) is 18.1 Å². The molecule has 170 valence electrons. The number of hydrogen-bond acceptors (Lipinski definition) is 5. The van der Waals surface area contributed by atoms with E-state index in [1.807, 2.05) is 30.3 Å². The fourth-order valence-corrected chi connectivity index (χ4v) is 3.37. The smallest absolute Gasteiger partial charge is 0.419 e. The highest BCUT2D eigenvalue weighted by molar-refractivity contribution is 6.74. The molecule has 30 heavy (non-hydrogen) atoms. The van der Waals surface area contributed by atoms with Crippen LogP contribution in [0.15, 0.2) is 30.3 Å². The molecular weight excluding hydrogens is 398 g/mol. The Morgan fingerprint density at radius 2 is 1.53 bits per heavy atom. The van der Waals surface area contributed by atoms with Gasteiger partial charge in [0.25, 0.3) is 0 Å². The van der Waals surface area contributed by atoms with Gasteiger partial charge >= 0.3 is 12.2 Å². The highest BCUT2D eigenvalue weighted by Crippen LogP contribution is 2.36. The second-order valence-electron chi connectivity index (χ2n) is 9.99. The second kappa shape index (κ2) is 11.0. The molecule has 1 rings (SSSR count). The van der Waals surface area contributed by atoms with Gasteiger partial charge in [0.2, 0.25) is 0 Å². The highest BCUT2D eigenvalue weighted by Gasteiger charge is 2.37. The first-order valence-electron chi connectivity index (χ1n) is 10.6. The average molecular weight is 438 g/mol. The van der Waals surface area contributed by atoms with E-state index < -0.39 is 26.1 Å². The average Bonchev–Trinajstić information content (AvgIpc) is 2.61. The Bertz CT molecular complexity index is 677. The number of imide groups is 1. The minimum Gasteiger partial charge on any atom is -0.444 e. The van der Waals surface area contributed by atoms with Crippen molar-refractivity contribution in [3.8, 4) is 0 Å². The molecule has 2 amide bonds. The number of unbranched alkanes of at least 4 members (excludes halogenated alkanes) is 1. The largest absolute Gasteiger partial charge is 0.444 e. The van der Waals surface area contributed by atoms with Crippen molar-refractivity contribution >= 4 is 20.5 Å². The molecule has 6 nitrogen and oxygen atoms in total. The van der Waals surface area contributed by atoms with Gasteiger partial charge in [0, 0.05) is 13.2 Å². The van der Waals surface area contributed by atoms with E-state index in [1.165, 1.54) is 0 Å². The Morgan fingerprint density at radius 1 is 0.933 bits per heavy atom. The fraction of sp³-hybridized carbons (Fsp3) is 0.652. The summed E-state index contributed by atoms with van der Waals surface area (Å²) < 4.78 is 16.9. The third-order valence-corrected chi connectivity index (χ3v) is 9.62. The van der Waals surface area contributed by atoms with E-state index in [1.54, 1.807) is 20.8 Å². The van der Waals surface area contributed by atoms with Crippen molar-refractivity contribution in [2.45, 2.75) is 84.7 Å². The molecule has 0 radical (unpaired) electrons. The highest BCUT2D eigenvalue weighted by atomic mass is 28.4. The maximum Gasteiger partial charge on any atom is 0.419 e. The lowest BCUT2D eigenvalue weighted by Gasteiger charge is -2.36. The van der Waals surface area contributed by atoms with Crippen LogP contribution in [0.3, 0.4) is 0 Å². The van der Waals surface area contributed by atoms with Crippen molar-refractivity contribution in [3.63, 3.8) is 0 Å². The van der Waals surface area contributed by atoms with Gasteiger partial charge < -0.3 is 13.9 Å². The molecule has 0 aliphatic heterocycles. The van der Waals surface area contributed by atoms with Crippen molar-refractivity contribution in [2.24, 2.45) is 0 Å². The number of nitrogens with zero attached hydrogens (tertiary/aromatic N) is 1. The predicted molar refractivity (Wildman–Crippen MR) is 122 cm³/mol. The molecule has 0 saturated heterocycles. The molecule has 0 heterocycles. The van der Waals surface area contributed by atoms with E-state index in [0.717, 1.165) is 16.9 Å². The summed E-state index contributed by atoms with van der Waals surface area (Å²) in [6, 6.07) is 9.37. The van der Waals surface area contributed by atoms with Crippen LogP contribution in [0.5, 0.6) is 0 Å². The van der Waals surface area contributed by atoms with Crippen LogP contribution in [0.25, 0.3) is 0 Å². The molecular formula is C23H39NO5Si. The van der Waals surface area contributed by atoms with Crippen LogP contribution in [0.1, 0.15) is 59.9 Å². The molecule has 1 aromatic carbocycles. The van der Waals surface area contributed by atoms with Gasteiger partial charge in [-0.25, -0.2) is 14.5 Å². The first kappa shape index (κ1) is 26.2. The van der Waals surface area contributed by atoms with Crippen LogP contribution in [-0.4, -0.2) is 44.2 Å². The molecule has 7 heteroatoms. The topological polar surface area (TPSA) is 65.1 Å². The Labute approximate surface area is 183 Å². The molecule has 0 aliphatic carbocycles. The third-order valence-electron chi connectivity index (χ3n) is 5.08. The zero-order valence-electron chi connectivity index (χ0n) is 19.9.